The van der Waals surface area contributed by atoms with E-state index in [1.165, 1.54) is 60.5 Å². The summed E-state index contributed by atoms with van der Waals surface area (Å²) in [4.78, 5) is 0. The lowest BCUT2D eigenvalue weighted by Crippen LogP contribution is -1.75. The Balaban J connectivity index is 1.92. The number of hydrogen-bond donors (Lipinski definition) is 0. The van der Waals surface area contributed by atoms with Crippen molar-refractivity contribution in [3.63, 3.8) is 0 Å². The molecule has 0 aliphatic carbocycles. The first kappa shape index (κ1) is 18.5. The molecule has 0 aliphatic rings. The summed E-state index contributed by atoms with van der Waals surface area (Å²) in [6.07, 6.45) is 0. The lowest BCUT2D eigenvalue weighted by molar-refractivity contribution is 1.64. The predicted molar refractivity (Wildman–Crippen MR) is 148 cm³/mol. The maximum absolute atomic E-state index is 3.85. The van der Waals surface area contributed by atoms with Crippen LogP contribution in [0, 0.1) is 0 Å². The number of benzene rings is 4. The maximum atomic E-state index is 3.85. The molecule has 0 aliphatic heterocycles. The molecule has 7 aromatic rings. The molecule has 0 amide bonds. The largest absolute Gasteiger partial charge is 0.134 e. The first-order valence-corrected chi connectivity index (χ1v) is 14.1. The number of halogens is 3. The van der Waals surface area contributed by atoms with Gasteiger partial charge in [-0.3, -0.25) is 0 Å². The molecule has 0 spiro atoms. The van der Waals surface area contributed by atoms with Gasteiger partial charge in [0.05, 0.1) is 9.17 Å². The Morgan fingerprint density at radius 3 is 1.60 bits per heavy atom. The molecule has 0 N–H and O–H groups in total. The van der Waals surface area contributed by atoms with Crippen molar-refractivity contribution in [3.8, 4) is 0 Å². The SMILES string of the molecule is Brc1cc2c(sc3c4c5ccccc5sc4c4c5ccccc5sc4c23)c(Br)c1Br. The molecule has 30 heavy (non-hydrogen) atoms. The Morgan fingerprint density at radius 2 is 1.00 bits per heavy atom. The normalized spacial score (nSPS) is 12.5. The molecular formula is C24H9Br3S3. The van der Waals surface area contributed by atoms with Crippen molar-refractivity contribution in [2.45, 2.75) is 0 Å². The summed E-state index contributed by atoms with van der Waals surface area (Å²) in [6.45, 7) is 0. The summed E-state index contributed by atoms with van der Waals surface area (Å²) in [5.41, 5.74) is 0. The van der Waals surface area contributed by atoms with E-state index >= 15 is 0 Å². The Labute approximate surface area is 208 Å². The van der Waals surface area contributed by atoms with Crippen LogP contribution in [0.5, 0.6) is 0 Å². The van der Waals surface area contributed by atoms with Gasteiger partial charge in [-0.25, -0.2) is 0 Å². The van der Waals surface area contributed by atoms with Crippen molar-refractivity contribution < 1.29 is 0 Å². The molecule has 6 heteroatoms. The van der Waals surface area contributed by atoms with Crippen LogP contribution in [0.4, 0.5) is 0 Å². The zero-order valence-electron chi connectivity index (χ0n) is 15.1. The molecule has 0 unspecified atom stereocenters. The quantitative estimate of drug-likeness (QED) is 0.146. The van der Waals surface area contributed by atoms with Crippen LogP contribution in [0.15, 0.2) is 68.0 Å². The van der Waals surface area contributed by atoms with E-state index in [0.717, 1.165) is 13.4 Å². The van der Waals surface area contributed by atoms with E-state index in [4.69, 9.17) is 0 Å². The maximum Gasteiger partial charge on any atom is 0.0510 e. The van der Waals surface area contributed by atoms with Gasteiger partial charge >= 0.3 is 0 Å². The third-order valence-corrected chi connectivity index (χ3v) is 12.9. The fraction of sp³-hybridized carbons (Fsp3) is 0. The summed E-state index contributed by atoms with van der Waals surface area (Å²) in [7, 11) is 0. The second-order valence-corrected chi connectivity index (χ2v) is 12.8. The molecule has 4 aromatic carbocycles. The molecule has 0 nitrogen and oxygen atoms in total. The number of hydrogen-bond acceptors (Lipinski definition) is 3. The number of fused-ring (bicyclic) bond motifs is 12. The number of thiophene rings is 3. The fourth-order valence-electron chi connectivity index (χ4n) is 4.43. The molecule has 0 fully saturated rings. The Hall–Kier alpha value is -1.02. The minimum Gasteiger partial charge on any atom is -0.134 e. The van der Waals surface area contributed by atoms with Gasteiger partial charge in [-0.2, -0.15) is 0 Å². The third kappa shape index (κ3) is 2.30. The summed E-state index contributed by atoms with van der Waals surface area (Å²) in [5, 5.41) is 8.24. The monoisotopic (exact) mass is 630 g/mol. The molecule has 0 saturated carbocycles. The van der Waals surface area contributed by atoms with Crippen LogP contribution in [0.2, 0.25) is 0 Å². The summed E-state index contributed by atoms with van der Waals surface area (Å²) < 4.78 is 11.5. The molecule has 0 saturated heterocycles. The van der Waals surface area contributed by atoms with E-state index in [1.807, 2.05) is 34.0 Å². The average molecular weight is 633 g/mol. The second kappa shape index (κ2) is 6.50. The summed E-state index contributed by atoms with van der Waals surface area (Å²) >= 11 is 17.1. The van der Waals surface area contributed by atoms with Gasteiger partial charge < -0.3 is 0 Å². The number of rotatable bonds is 0. The van der Waals surface area contributed by atoms with Gasteiger partial charge in [-0.15, -0.1) is 34.0 Å². The van der Waals surface area contributed by atoms with E-state index in [1.54, 1.807) is 0 Å². The Morgan fingerprint density at radius 1 is 0.500 bits per heavy atom. The minimum atomic E-state index is 1.07. The van der Waals surface area contributed by atoms with E-state index < -0.39 is 0 Å². The van der Waals surface area contributed by atoms with E-state index in [-0.39, 0.29) is 0 Å². The van der Waals surface area contributed by atoms with Gasteiger partial charge in [0.15, 0.2) is 0 Å². The Bertz CT molecular complexity index is 1840. The van der Waals surface area contributed by atoms with Gasteiger partial charge in [-0.1, -0.05) is 36.4 Å². The van der Waals surface area contributed by atoms with Crippen LogP contribution in [0.3, 0.4) is 0 Å². The van der Waals surface area contributed by atoms with E-state index in [9.17, 15) is 0 Å². The minimum absolute atomic E-state index is 1.07. The van der Waals surface area contributed by atoms with Crippen molar-refractivity contribution in [1.82, 2.24) is 0 Å². The van der Waals surface area contributed by atoms with Gasteiger partial charge in [0, 0.05) is 64.8 Å². The molecule has 0 atom stereocenters. The highest BCUT2D eigenvalue weighted by atomic mass is 79.9. The van der Waals surface area contributed by atoms with Crippen LogP contribution >= 0.6 is 81.8 Å². The molecule has 3 heterocycles. The molecule has 7 rings (SSSR count). The van der Waals surface area contributed by atoms with Crippen LogP contribution in [-0.2, 0) is 0 Å². The highest BCUT2D eigenvalue weighted by Gasteiger charge is 2.23. The predicted octanol–water partition coefficient (Wildman–Crippen LogP) is 11.1. The lowest BCUT2D eigenvalue weighted by Gasteiger charge is -2.03. The van der Waals surface area contributed by atoms with Crippen molar-refractivity contribution in [1.29, 1.82) is 0 Å². The van der Waals surface area contributed by atoms with Crippen LogP contribution in [-0.4, -0.2) is 0 Å². The van der Waals surface area contributed by atoms with E-state index in [0.29, 0.717) is 0 Å². The second-order valence-electron chi connectivity index (χ2n) is 7.27. The topological polar surface area (TPSA) is 0 Å². The summed E-state index contributed by atoms with van der Waals surface area (Å²) in [6, 6.07) is 19.9. The average Bonchev–Trinajstić information content (AvgIpc) is 3.42. The smallest absolute Gasteiger partial charge is 0.0510 e. The molecule has 144 valence electrons. The lowest BCUT2D eigenvalue weighted by atomic mass is 10.0. The zero-order chi connectivity index (χ0) is 20.1. The molecule has 3 aromatic heterocycles. The highest BCUT2D eigenvalue weighted by molar-refractivity contribution is 9.14. The zero-order valence-corrected chi connectivity index (χ0v) is 22.3. The third-order valence-electron chi connectivity index (χ3n) is 5.69. The highest BCUT2D eigenvalue weighted by Crippen LogP contribution is 2.54. The van der Waals surface area contributed by atoms with Crippen molar-refractivity contribution in [3.05, 3.63) is 68.0 Å². The van der Waals surface area contributed by atoms with Crippen molar-refractivity contribution in [2.75, 3.05) is 0 Å². The van der Waals surface area contributed by atoms with Gasteiger partial charge in [0.1, 0.15) is 0 Å². The van der Waals surface area contributed by atoms with Crippen molar-refractivity contribution >= 4 is 142 Å². The van der Waals surface area contributed by atoms with E-state index in [2.05, 4.69) is 102 Å². The van der Waals surface area contributed by atoms with Gasteiger partial charge in [0.2, 0.25) is 0 Å². The van der Waals surface area contributed by atoms with Gasteiger partial charge in [0.25, 0.3) is 0 Å². The van der Waals surface area contributed by atoms with Crippen LogP contribution in [0.1, 0.15) is 0 Å². The van der Waals surface area contributed by atoms with Crippen LogP contribution < -0.4 is 0 Å². The molecular weight excluding hydrogens is 624 g/mol. The first-order chi connectivity index (χ1) is 14.6. The Kier molecular flexibility index (Phi) is 4.02. The standard InChI is InChI=1S/C24H9Br3S3/c25-13-9-12-18-23-16(10-5-1-3-7-14(10)29-23)22-17(11-6-2-4-8-15(11)28-22)24(18)30-21(12)20(27)19(13)26/h1-9H. The summed E-state index contributed by atoms with van der Waals surface area (Å²) in [5.74, 6) is 0. The van der Waals surface area contributed by atoms with Gasteiger partial charge in [-0.05, 0) is 66.0 Å². The molecule has 0 radical (unpaired) electrons. The van der Waals surface area contributed by atoms with Crippen LogP contribution in [0.25, 0.3) is 60.5 Å². The first-order valence-electron chi connectivity index (χ1n) is 9.27. The fourth-order valence-corrected chi connectivity index (χ4v) is 10.3. The molecule has 0 bridgehead atoms. The van der Waals surface area contributed by atoms with Crippen molar-refractivity contribution in [2.24, 2.45) is 0 Å².